The highest BCUT2D eigenvalue weighted by molar-refractivity contribution is 6.03. The van der Waals surface area contributed by atoms with Gasteiger partial charge in [-0.25, -0.2) is 9.59 Å². The first kappa shape index (κ1) is 27.6. The summed E-state index contributed by atoms with van der Waals surface area (Å²) >= 11 is 0. The Morgan fingerprint density at radius 3 is 2.51 bits per heavy atom. The zero-order chi connectivity index (χ0) is 27.8. The van der Waals surface area contributed by atoms with Crippen molar-refractivity contribution in [2.24, 2.45) is 10.7 Å². The molecule has 2 fully saturated rings. The highest BCUT2D eigenvalue weighted by Gasteiger charge is 2.35. The largest absolute Gasteiger partial charge is 0.466 e. The minimum absolute atomic E-state index is 0.0181. The number of amidine groups is 1. The van der Waals surface area contributed by atoms with Gasteiger partial charge in [0.15, 0.2) is 0 Å². The fourth-order valence-electron chi connectivity index (χ4n) is 4.31. The van der Waals surface area contributed by atoms with E-state index >= 15 is 0 Å². The number of anilines is 1. The number of cyclic esters (lactones) is 1. The lowest BCUT2D eigenvalue weighted by Gasteiger charge is -2.34. The summed E-state index contributed by atoms with van der Waals surface area (Å²) in [6.07, 6.45) is -1.56. The standard InChI is InChI=1S/C27H31N5O7/c1-2-37-24(34)12-13-31-15-14-30(18-23(31)33)16-22-17-32(27(36)39-22)20-10-8-19(9-11-20)25(28)29-26(35)38-21-6-4-3-5-7-21/h3-11,22H,2,12-18H2,1H3,(H2,28,29,35). The van der Waals surface area contributed by atoms with Gasteiger partial charge in [0.25, 0.3) is 0 Å². The van der Waals surface area contributed by atoms with Crippen molar-refractivity contribution in [2.75, 3.05) is 50.8 Å². The summed E-state index contributed by atoms with van der Waals surface area (Å²) in [4.78, 5) is 57.5. The van der Waals surface area contributed by atoms with Gasteiger partial charge in [-0.2, -0.15) is 4.99 Å². The fourth-order valence-corrected chi connectivity index (χ4v) is 4.31. The number of benzene rings is 2. The molecule has 2 heterocycles. The lowest BCUT2D eigenvalue weighted by Crippen LogP contribution is -2.52. The van der Waals surface area contributed by atoms with Gasteiger partial charge >= 0.3 is 18.2 Å². The van der Waals surface area contributed by atoms with Crippen LogP contribution in [0.5, 0.6) is 5.75 Å². The number of piperazine rings is 1. The second-order valence-electron chi connectivity index (χ2n) is 9.01. The molecule has 2 aromatic rings. The van der Waals surface area contributed by atoms with Crippen LogP contribution in [0.4, 0.5) is 15.3 Å². The number of para-hydroxylation sites is 1. The van der Waals surface area contributed by atoms with Gasteiger partial charge in [0.05, 0.1) is 26.1 Å². The maximum Gasteiger partial charge on any atom is 0.441 e. The molecule has 0 saturated carbocycles. The molecule has 12 heteroatoms. The van der Waals surface area contributed by atoms with Crippen molar-refractivity contribution < 1.29 is 33.4 Å². The molecule has 1 unspecified atom stereocenters. The number of carbonyl (C=O) groups is 4. The zero-order valence-corrected chi connectivity index (χ0v) is 21.7. The van der Waals surface area contributed by atoms with Crippen LogP contribution in [-0.4, -0.2) is 91.7 Å². The summed E-state index contributed by atoms with van der Waals surface area (Å²) in [5.41, 5.74) is 7.05. The van der Waals surface area contributed by atoms with Crippen LogP contribution >= 0.6 is 0 Å². The zero-order valence-electron chi connectivity index (χ0n) is 21.7. The Labute approximate surface area is 225 Å². The Kier molecular flexibility index (Phi) is 9.10. The average molecular weight is 538 g/mol. The van der Waals surface area contributed by atoms with Gasteiger partial charge in [0.1, 0.15) is 17.7 Å². The first-order valence-electron chi connectivity index (χ1n) is 12.7. The second-order valence-corrected chi connectivity index (χ2v) is 9.01. The summed E-state index contributed by atoms with van der Waals surface area (Å²) in [5, 5.41) is 0. The quantitative estimate of drug-likeness (QED) is 0.288. The van der Waals surface area contributed by atoms with Crippen LogP contribution in [0.1, 0.15) is 18.9 Å². The average Bonchev–Trinajstić information content (AvgIpc) is 3.28. The minimum atomic E-state index is -0.841. The number of rotatable bonds is 9. The van der Waals surface area contributed by atoms with Crippen LogP contribution in [0.2, 0.25) is 0 Å². The number of hydrogen-bond acceptors (Lipinski definition) is 8. The summed E-state index contributed by atoms with van der Waals surface area (Å²) < 4.78 is 15.6. The predicted molar refractivity (Wildman–Crippen MR) is 142 cm³/mol. The molecule has 0 aromatic heterocycles. The van der Waals surface area contributed by atoms with Crippen molar-refractivity contribution >= 4 is 35.6 Å². The number of hydrogen-bond donors (Lipinski definition) is 1. The van der Waals surface area contributed by atoms with Crippen LogP contribution in [0.3, 0.4) is 0 Å². The van der Waals surface area contributed by atoms with Crippen molar-refractivity contribution in [1.29, 1.82) is 0 Å². The number of esters is 1. The third-order valence-corrected chi connectivity index (χ3v) is 6.26. The monoisotopic (exact) mass is 537 g/mol. The van der Waals surface area contributed by atoms with Crippen LogP contribution in [-0.2, 0) is 19.1 Å². The molecule has 206 valence electrons. The molecular formula is C27H31N5O7. The summed E-state index contributed by atoms with van der Waals surface area (Å²) in [6.45, 7) is 4.43. The van der Waals surface area contributed by atoms with Crippen LogP contribution < -0.4 is 15.4 Å². The molecule has 39 heavy (non-hydrogen) atoms. The topological polar surface area (TPSA) is 144 Å². The molecule has 3 amide bonds. The van der Waals surface area contributed by atoms with E-state index in [1.807, 2.05) is 4.90 Å². The predicted octanol–water partition coefficient (Wildman–Crippen LogP) is 2.01. The lowest BCUT2D eigenvalue weighted by molar-refractivity contribution is -0.144. The summed E-state index contributed by atoms with van der Waals surface area (Å²) in [5.74, 6) is -0.0550. The van der Waals surface area contributed by atoms with Crippen LogP contribution in [0.15, 0.2) is 59.6 Å². The highest BCUT2D eigenvalue weighted by atomic mass is 16.6. The van der Waals surface area contributed by atoms with Crippen molar-refractivity contribution in [3.63, 3.8) is 0 Å². The smallest absolute Gasteiger partial charge is 0.441 e. The Morgan fingerprint density at radius 2 is 1.82 bits per heavy atom. The maximum atomic E-state index is 12.5. The molecule has 2 saturated heterocycles. The Morgan fingerprint density at radius 1 is 1.08 bits per heavy atom. The van der Waals surface area contributed by atoms with E-state index in [4.69, 9.17) is 19.9 Å². The van der Waals surface area contributed by atoms with Gasteiger partial charge in [-0.3, -0.25) is 19.4 Å². The molecule has 2 aliphatic heterocycles. The molecule has 4 rings (SSSR count). The number of ether oxygens (including phenoxy) is 3. The first-order chi connectivity index (χ1) is 18.8. The fraction of sp³-hybridized carbons (Fsp3) is 0.370. The SMILES string of the molecule is CCOC(=O)CCN1CCN(CC2CN(c3ccc(C(N)=NC(=O)Oc4ccccc4)cc3)C(=O)O2)CC1=O. The van der Waals surface area contributed by atoms with E-state index in [1.165, 1.54) is 4.90 Å². The normalized spacial score (nSPS) is 18.2. The van der Waals surface area contributed by atoms with Gasteiger partial charge in [0.2, 0.25) is 5.91 Å². The van der Waals surface area contributed by atoms with Gasteiger partial charge in [-0.15, -0.1) is 0 Å². The van der Waals surface area contributed by atoms with E-state index in [-0.39, 0.29) is 30.7 Å². The van der Waals surface area contributed by atoms with E-state index < -0.39 is 18.3 Å². The number of aliphatic imine (C=N–C) groups is 1. The van der Waals surface area contributed by atoms with Crippen LogP contribution in [0, 0.1) is 0 Å². The van der Waals surface area contributed by atoms with Crippen LogP contribution in [0.25, 0.3) is 0 Å². The van der Waals surface area contributed by atoms with E-state index in [2.05, 4.69) is 4.99 Å². The second kappa shape index (κ2) is 12.9. The molecule has 12 nitrogen and oxygen atoms in total. The Bertz CT molecular complexity index is 1220. The van der Waals surface area contributed by atoms with E-state index in [0.717, 1.165) is 0 Å². The number of nitrogens with two attached hydrogens (primary N) is 1. The van der Waals surface area contributed by atoms with E-state index in [0.29, 0.717) is 56.3 Å². The highest BCUT2D eigenvalue weighted by Crippen LogP contribution is 2.23. The first-order valence-corrected chi connectivity index (χ1v) is 12.7. The number of carbonyl (C=O) groups excluding carboxylic acids is 4. The molecule has 2 aromatic carbocycles. The number of nitrogens with zero attached hydrogens (tertiary/aromatic N) is 4. The van der Waals surface area contributed by atoms with Gasteiger partial charge in [-0.05, 0) is 43.3 Å². The lowest BCUT2D eigenvalue weighted by atomic mass is 10.1. The van der Waals surface area contributed by atoms with Crippen molar-refractivity contribution in [3.05, 3.63) is 60.2 Å². The minimum Gasteiger partial charge on any atom is -0.466 e. The number of amides is 3. The molecule has 0 spiro atoms. The Balaban J connectivity index is 1.27. The third kappa shape index (κ3) is 7.54. The van der Waals surface area contributed by atoms with Gasteiger partial charge < -0.3 is 24.8 Å². The van der Waals surface area contributed by atoms with Crippen molar-refractivity contribution in [2.45, 2.75) is 19.4 Å². The molecule has 2 N–H and O–H groups in total. The summed E-state index contributed by atoms with van der Waals surface area (Å²) in [7, 11) is 0. The Hall–Kier alpha value is -4.45. The van der Waals surface area contributed by atoms with E-state index in [9.17, 15) is 19.2 Å². The molecule has 0 bridgehead atoms. The maximum absolute atomic E-state index is 12.5. The van der Waals surface area contributed by atoms with E-state index in [1.54, 1.807) is 66.4 Å². The molecule has 2 aliphatic rings. The van der Waals surface area contributed by atoms with Crippen molar-refractivity contribution in [3.8, 4) is 5.75 Å². The van der Waals surface area contributed by atoms with Crippen molar-refractivity contribution in [1.82, 2.24) is 9.80 Å². The molecule has 0 aliphatic carbocycles. The third-order valence-electron chi connectivity index (χ3n) is 6.26. The van der Waals surface area contributed by atoms with Gasteiger partial charge in [0, 0.05) is 37.4 Å². The molecule has 0 radical (unpaired) electrons. The summed E-state index contributed by atoms with van der Waals surface area (Å²) in [6, 6.07) is 15.2. The molecule has 1 atom stereocenters. The molecular weight excluding hydrogens is 506 g/mol. The van der Waals surface area contributed by atoms with Gasteiger partial charge in [-0.1, -0.05) is 18.2 Å².